The molecule has 0 bridgehead atoms. The first-order valence-electron chi connectivity index (χ1n) is 9.13. The highest BCUT2D eigenvalue weighted by molar-refractivity contribution is 6.21. The van der Waals surface area contributed by atoms with Gasteiger partial charge in [-0.3, -0.25) is 29.4 Å². The molecular formula is C21H20N4O5. The molecule has 3 N–H and O–H groups in total. The van der Waals surface area contributed by atoms with E-state index in [2.05, 4.69) is 5.32 Å². The minimum Gasteiger partial charge on any atom is -0.376 e. The molecule has 0 radical (unpaired) electrons. The molecule has 9 heteroatoms. The average molecular weight is 408 g/mol. The highest BCUT2D eigenvalue weighted by Gasteiger charge is 2.35. The maximum absolute atomic E-state index is 12.5. The topological polar surface area (TPSA) is 136 Å². The molecule has 9 nitrogen and oxygen atoms in total. The van der Waals surface area contributed by atoms with Crippen molar-refractivity contribution in [3.8, 4) is 0 Å². The van der Waals surface area contributed by atoms with E-state index in [1.54, 1.807) is 31.2 Å². The summed E-state index contributed by atoms with van der Waals surface area (Å²) in [6.45, 7) is 3.99. The number of imide groups is 1. The number of benzene rings is 2. The average Bonchev–Trinajstić information content (AvgIpc) is 2.96. The van der Waals surface area contributed by atoms with E-state index >= 15 is 0 Å². The Kier molecular flexibility index (Phi) is 5.63. The Hall–Kier alpha value is -4.01. The van der Waals surface area contributed by atoms with Gasteiger partial charge in [-0.05, 0) is 38.1 Å². The summed E-state index contributed by atoms with van der Waals surface area (Å²) < 4.78 is 0. The Morgan fingerprint density at radius 2 is 1.67 bits per heavy atom. The van der Waals surface area contributed by atoms with Gasteiger partial charge >= 0.3 is 0 Å². The van der Waals surface area contributed by atoms with Crippen LogP contribution >= 0.6 is 0 Å². The van der Waals surface area contributed by atoms with E-state index in [1.165, 1.54) is 17.0 Å². The zero-order valence-corrected chi connectivity index (χ0v) is 16.5. The van der Waals surface area contributed by atoms with E-state index in [9.17, 15) is 24.5 Å². The second kappa shape index (κ2) is 8.16. The molecular weight excluding hydrogens is 388 g/mol. The van der Waals surface area contributed by atoms with Crippen LogP contribution in [0, 0.1) is 10.1 Å². The third kappa shape index (κ3) is 3.90. The van der Waals surface area contributed by atoms with Gasteiger partial charge in [0.2, 0.25) is 5.91 Å². The molecule has 0 saturated heterocycles. The van der Waals surface area contributed by atoms with Gasteiger partial charge in [-0.25, -0.2) is 0 Å². The number of nitro groups is 1. The van der Waals surface area contributed by atoms with E-state index < -0.39 is 10.8 Å². The molecule has 0 aliphatic carbocycles. The van der Waals surface area contributed by atoms with E-state index in [0.717, 1.165) is 17.2 Å². The Labute approximate surface area is 172 Å². The quantitative estimate of drug-likeness (QED) is 0.313. The minimum absolute atomic E-state index is 0.0429. The molecule has 0 unspecified atom stereocenters. The number of hydrogen-bond acceptors (Lipinski definition) is 6. The molecule has 2 aromatic carbocycles. The molecule has 1 aliphatic rings. The number of primary amides is 1. The fourth-order valence-corrected chi connectivity index (χ4v) is 3.12. The third-order valence-electron chi connectivity index (χ3n) is 5.02. The van der Waals surface area contributed by atoms with Crippen LogP contribution < -0.4 is 11.1 Å². The number of carbonyl (C=O) groups excluding carboxylic acids is 3. The van der Waals surface area contributed by atoms with Gasteiger partial charge in [0, 0.05) is 18.2 Å². The Balaban J connectivity index is 1.74. The first-order chi connectivity index (χ1) is 14.2. The first-order valence-corrected chi connectivity index (χ1v) is 9.13. The Morgan fingerprint density at radius 1 is 1.07 bits per heavy atom. The van der Waals surface area contributed by atoms with E-state index in [0.29, 0.717) is 11.1 Å². The van der Waals surface area contributed by atoms with Gasteiger partial charge in [0.15, 0.2) is 0 Å². The van der Waals surface area contributed by atoms with Crippen molar-refractivity contribution in [1.29, 1.82) is 0 Å². The van der Waals surface area contributed by atoms with E-state index in [-0.39, 0.29) is 41.8 Å². The van der Waals surface area contributed by atoms with Crippen LogP contribution in [0.15, 0.2) is 53.6 Å². The van der Waals surface area contributed by atoms with Crippen molar-refractivity contribution >= 4 is 29.1 Å². The van der Waals surface area contributed by atoms with E-state index in [4.69, 9.17) is 5.73 Å². The number of nitrogens with one attached hydrogen (secondary N) is 1. The van der Waals surface area contributed by atoms with Gasteiger partial charge in [-0.2, -0.15) is 0 Å². The molecule has 0 aromatic heterocycles. The lowest BCUT2D eigenvalue weighted by Crippen LogP contribution is -2.31. The summed E-state index contributed by atoms with van der Waals surface area (Å²) in [5, 5.41) is 14.3. The molecule has 3 rings (SSSR count). The van der Waals surface area contributed by atoms with Gasteiger partial charge in [0.05, 0.1) is 22.6 Å². The maximum atomic E-state index is 12.5. The predicted molar refractivity (Wildman–Crippen MR) is 110 cm³/mol. The Bertz CT molecular complexity index is 1070. The summed E-state index contributed by atoms with van der Waals surface area (Å²) in [5.41, 5.74) is 7.56. The van der Waals surface area contributed by atoms with Crippen molar-refractivity contribution in [2.24, 2.45) is 5.73 Å². The van der Waals surface area contributed by atoms with Crippen LogP contribution in [0.5, 0.6) is 0 Å². The molecule has 0 spiro atoms. The zero-order chi connectivity index (χ0) is 22.0. The molecule has 0 fully saturated rings. The van der Waals surface area contributed by atoms with Gasteiger partial charge in [0.1, 0.15) is 5.69 Å². The summed E-state index contributed by atoms with van der Waals surface area (Å²) in [7, 11) is 0. The number of anilines is 1. The largest absolute Gasteiger partial charge is 0.376 e. The molecule has 0 atom stereocenters. The van der Waals surface area contributed by atoms with Gasteiger partial charge < -0.3 is 11.1 Å². The van der Waals surface area contributed by atoms with Crippen molar-refractivity contribution in [2.75, 3.05) is 18.4 Å². The van der Waals surface area contributed by atoms with Gasteiger partial charge in [-0.1, -0.05) is 23.3 Å². The lowest BCUT2D eigenvalue weighted by atomic mass is 10.1. The summed E-state index contributed by atoms with van der Waals surface area (Å²) in [5.74, 6) is -1.43. The van der Waals surface area contributed by atoms with Crippen molar-refractivity contribution < 1.29 is 19.3 Å². The number of nitrogens with two attached hydrogens (primary N) is 1. The number of rotatable bonds is 7. The molecule has 1 aliphatic heterocycles. The monoisotopic (exact) mass is 408 g/mol. The number of carbonyl (C=O) groups is 3. The van der Waals surface area contributed by atoms with Gasteiger partial charge in [0.25, 0.3) is 17.5 Å². The Morgan fingerprint density at radius 3 is 2.20 bits per heavy atom. The number of nitrogens with zero attached hydrogens (tertiary/aromatic N) is 2. The molecule has 1 heterocycles. The maximum Gasteiger partial charge on any atom is 0.293 e. The van der Waals surface area contributed by atoms with E-state index in [1.807, 2.05) is 6.92 Å². The van der Waals surface area contributed by atoms with Crippen LogP contribution in [0.25, 0.3) is 0 Å². The van der Waals surface area contributed by atoms with Crippen LogP contribution in [0.2, 0.25) is 0 Å². The normalized spacial score (nSPS) is 13.7. The summed E-state index contributed by atoms with van der Waals surface area (Å²) in [6.07, 6.45) is 0. The van der Waals surface area contributed by atoms with Crippen LogP contribution in [0.1, 0.15) is 44.9 Å². The number of fused-ring (bicyclic) bond motifs is 1. The fourth-order valence-electron chi connectivity index (χ4n) is 3.12. The second-order valence-electron chi connectivity index (χ2n) is 7.01. The molecule has 2 aromatic rings. The lowest BCUT2D eigenvalue weighted by Gasteiger charge is -2.17. The van der Waals surface area contributed by atoms with Crippen LogP contribution in [0.4, 0.5) is 11.4 Å². The summed E-state index contributed by atoms with van der Waals surface area (Å²) in [4.78, 5) is 48.2. The molecule has 0 saturated carbocycles. The predicted octanol–water partition coefficient (Wildman–Crippen LogP) is 2.74. The highest BCUT2D eigenvalue weighted by Crippen LogP contribution is 2.27. The minimum atomic E-state index is -0.752. The van der Waals surface area contributed by atoms with Crippen molar-refractivity contribution in [1.82, 2.24) is 4.90 Å². The summed E-state index contributed by atoms with van der Waals surface area (Å²) >= 11 is 0. The van der Waals surface area contributed by atoms with Crippen LogP contribution in [-0.4, -0.2) is 40.6 Å². The zero-order valence-electron chi connectivity index (χ0n) is 16.5. The summed E-state index contributed by atoms with van der Waals surface area (Å²) in [6, 6.07) is 10.6. The lowest BCUT2D eigenvalue weighted by molar-refractivity contribution is -0.384. The molecule has 3 amide bonds. The number of nitro benzene ring substituents is 1. The standard InChI is InChI=1S/C21H20N4O5/c1-12(10-23-17-8-7-14(19(22)26)9-18(17)25(29)30)13(2)11-24-20(27)15-5-3-4-6-16(15)21(24)28/h3-9,23H,10-11H2,1-2H3,(H2,22,26)/b13-12+. The van der Waals surface area contributed by atoms with Crippen LogP contribution in [0.3, 0.4) is 0 Å². The van der Waals surface area contributed by atoms with Gasteiger partial charge in [-0.15, -0.1) is 0 Å². The number of hydrogen-bond donors (Lipinski definition) is 2. The first kappa shape index (κ1) is 20.7. The SMILES string of the molecule is C/C(CNc1ccc(C(N)=O)cc1[N+](=O)[O-])=C(/C)CN1C(=O)c2ccccc2C1=O. The highest BCUT2D eigenvalue weighted by atomic mass is 16.6. The fraction of sp³-hybridized carbons (Fsp3) is 0.190. The second-order valence-corrected chi connectivity index (χ2v) is 7.01. The molecule has 30 heavy (non-hydrogen) atoms. The van der Waals surface area contributed by atoms with Crippen LogP contribution in [-0.2, 0) is 0 Å². The third-order valence-corrected chi connectivity index (χ3v) is 5.02. The van der Waals surface area contributed by atoms with Crippen molar-refractivity contribution in [3.63, 3.8) is 0 Å². The smallest absolute Gasteiger partial charge is 0.293 e. The van der Waals surface area contributed by atoms with Crippen molar-refractivity contribution in [2.45, 2.75) is 13.8 Å². The molecule has 154 valence electrons. The number of amides is 3. The van der Waals surface area contributed by atoms with Crippen molar-refractivity contribution in [3.05, 3.63) is 80.4 Å².